The normalized spacial score (nSPS) is 14.2. The summed E-state index contributed by atoms with van der Waals surface area (Å²) in [5, 5.41) is 7.03. The molecule has 4 aromatic carbocycles. The van der Waals surface area contributed by atoms with E-state index in [0.29, 0.717) is 23.1 Å². The zero-order valence-corrected chi connectivity index (χ0v) is 20.3. The van der Waals surface area contributed by atoms with E-state index in [0.717, 1.165) is 44.5 Å². The molecule has 0 N–H and O–H groups in total. The van der Waals surface area contributed by atoms with Crippen LogP contribution in [0.1, 0.15) is 22.6 Å². The average molecular weight is 487 g/mol. The van der Waals surface area contributed by atoms with Gasteiger partial charge in [-0.3, -0.25) is 0 Å². The molecular weight excluding hydrogens is 464 g/mol. The Hall–Kier alpha value is -4.91. The van der Waals surface area contributed by atoms with Crippen LogP contribution in [-0.2, 0) is 0 Å². The van der Waals surface area contributed by atoms with Crippen molar-refractivity contribution in [1.82, 2.24) is 19.6 Å². The number of para-hydroxylation sites is 1. The molecule has 6 aromatic rings. The van der Waals surface area contributed by atoms with Crippen LogP contribution in [-0.4, -0.2) is 33.8 Å². The third kappa shape index (κ3) is 3.31. The van der Waals surface area contributed by atoms with Crippen molar-refractivity contribution in [3.63, 3.8) is 0 Å². The number of aromatic nitrogens is 4. The fraction of sp³-hybridized carbons (Fsp3) is 0.100. The molecule has 0 saturated heterocycles. The molecule has 3 heterocycles. The highest BCUT2D eigenvalue weighted by atomic mass is 16.5. The summed E-state index contributed by atoms with van der Waals surface area (Å²) < 4.78 is 19.1. The lowest BCUT2D eigenvalue weighted by atomic mass is 9.81. The van der Waals surface area contributed by atoms with Crippen molar-refractivity contribution in [2.75, 3.05) is 14.2 Å². The Labute approximate surface area is 212 Å². The summed E-state index contributed by atoms with van der Waals surface area (Å²) >= 11 is 0. The number of methoxy groups -OCH3 is 2. The van der Waals surface area contributed by atoms with Gasteiger partial charge < -0.3 is 14.2 Å². The average Bonchev–Trinajstić information content (AvgIpc) is 3.40. The third-order valence-electron chi connectivity index (χ3n) is 6.90. The van der Waals surface area contributed by atoms with Gasteiger partial charge in [-0.25, -0.2) is 14.5 Å². The number of ether oxygens (including phenoxy) is 3. The molecule has 1 aliphatic rings. The molecule has 0 amide bonds. The summed E-state index contributed by atoms with van der Waals surface area (Å²) in [5.41, 5.74) is 4.52. The van der Waals surface area contributed by atoms with Crippen molar-refractivity contribution in [3.05, 3.63) is 108 Å². The van der Waals surface area contributed by atoms with Crippen molar-refractivity contribution in [1.29, 1.82) is 0 Å². The molecule has 37 heavy (non-hydrogen) atoms. The molecule has 0 bridgehead atoms. The number of hydrogen-bond donors (Lipinski definition) is 0. The Balaban J connectivity index is 1.52. The maximum Gasteiger partial charge on any atom is 0.228 e. The molecule has 0 aliphatic carbocycles. The molecule has 0 unspecified atom stereocenters. The molecular formula is C30H22N4O3. The summed E-state index contributed by atoms with van der Waals surface area (Å²) in [6.07, 6.45) is 1.65. The first kappa shape index (κ1) is 21.4. The molecule has 0 spiro atoms. The Bertz CT molecular complexity index is 1790. The highest BCUT2D eigenvalue weighted by Gasteiger charge is 2.35. The lowest BCUT2D eigenvalue weighted by Gasteiger charge is -2.29. The van der Waals surface area contributed by atoms with E-state index in [1.165, 1.54) is 0 Å². The van der Waals surface area contributed by atoms with Gasteiger partial charge in [-0.15, -0.1) is 5.10 Å². The lowest BCUT2D eigenvalue weighted by Crippen LogP contribution is -2.15. The second-order valence-corrected chi connectivity index (χ2v) is 8.87. The van der Waals surface area contributed by atoms with Crippen LogP contribution in [0.25, 0.3) is 27.8 Å². The summed E-state index contributed by atoms with van der Waals surface area (Å²) in [5.74, 6) is 3.20. The summed E-state index contributed by atoms with van der Waals surface area (Å²) in [6.45, 7) is 0. The van der Waals surface area contributed by atoms with Crippen molar-refractivity contribution in [3.8, 4) is 34.5 Å². The van der Waals surface area contributed by atoms with Gasteiger partial charge in [-0.1, -0.05) is 54.6 Å². The van der Waals surface area contributed by atoms with Crippen LogP contribution in [0.15, 0.2) is 91.3 Å². The van der Waals surface area contributed by atoms with Gasteiger partial charge in [0.2, 0.25) is 5.88 Å². The van der Waals surface area contributed by atoms with E-state index < -0.39 is 0 Å². The molecule has 2 aromatic heterocycles. The summed E-state index contributed by atoms with van der Waals surface area (Å²) in [7, 11) is 3.32. The largest absolute Gasteiger partial charge is 0.497 e. The zero-order chi connectivity index (χ0) is 24.9. The fourth-order valence-corrected chi connectivity index (χ4v) is 5.18. The van der Waals surface area contributed by atoms with E-state index in [2.05, 4.69) is 41.4 Å². The SMILES string of the molecule is COc1ccc([C@@H]2c3c(ccc4ccccc34)Oc3ncn4nc(-c5ccccc5OC)nc4c32)cc1. The van der Waals surface area contributed by atoms with Crippen LogP contribution in [0.4, 0.5) is 0 Å². The van der Waals surface area contributed by atoms with Gasteiger partial charge in [-0.2, -0.15) is 0 Å². The van der Waals surface area contributed by atoms with Crippen LogP contribution in [0.2, 0.25) is 0 Å². The first-order chi connectivity index (χ1) is 18.2. The lowest BCUT2D eigenvalue weighted by molar-refractivity contribution is 0.414. The monoisotopic (exact) mass is 486 g/mol. The van der Waals surface area contributed by atoms with E-state index in [4.69, 9.17) is 24.3 Å². The number of nitrogens with zero attached hydrogens (tertiary/aromatic N) is 4. The summed E-state index contributed by atoms with van der Waals surface area (Å²) in [6, 6.07) is 28.3. The van der Waals surface area contributed by atoms with E-state index >= 15 is 0 Å². The molecule has 7 heteroatoms. The van der Waals surface area contributed by atoms with E-state index in [-0.39, 0.29) is 5.92 Å². The van der Waals surface area contributed by atoms with Gasteiger partial charge >= 0.3 is 0 Å². The van der Waals surface area contributed by atoms with Crippen molar-refractivity contribution >= 4 is 16.4 Å². The van der Waals surface area contributed by atoms with Crippen molar-refractivity contribution < 1.29 is 14.2 Å². The minimum atomic E-state index is -0.179. The van der Waals surface area contributed by atoms with Gasteiger partial charge in [-0.05, 0) is 46.7 Å². The second kappa shape index (κ2) is 8.34. The van der Waals surface area contributed by atoms with Crippen LogP contribution in [0, 0.1) is 0 Å². The van der Waals surface area contributed by atoms with Crippen LogP contribution in [0.3, 0.4) is 0 Å². The Morgan fingerprint density at radius 1 is 0.811 bits per heavy atom. The smallest absolute Gasteiger partial charge is 0.228 e. The molecule has 0 radical (unpaired) electrons. The van der Waals surface area contributed by atoms with Crippen molar-refractivity contribution in [2.45, 2.75) is 5.92 Å². The zero-order valence-electron chi connectivity index (χ0n) is 20.3. The second-order valence-electron chi connectivity index (χ2n) is 8.87. The maximum atomic E-state index is 6.41. The quantitative estimate of drug-likeness (QED) is 0.293. The van der Waals surface area contributed by atoms with Crippen LogP contribution >= 0.6 is 0 Å². The first-order valence-corrected chi connectivity index (χ1v) is 12.0. The van der Waals surface area contributed by atoms with Crippen molar-refractivity contribution in [2.24, 2.45) is 0 Å². The van der Waals surface area contributed by atoms with Gasteiger partial charge in [0.25, 0.3) is 0 Å². The highest BCUT2D eigenvalue weighted by molar-refractivity contribution is 5.91. The molecule has 7 rings (SSSR count). The highest BCUT2D eigenvalue weighted by Crippen LogP contribution is 2.50. The molecule has 1 atom stereocenters. The van der Waals surface area contributed by atoms with E-state index in [1.54, 1.807) is 25.1 Å². The van der Waals surface area contributed by atoms with Gasteiger partial charge in [0.05, 0.1) is 25.3 Å². The number of benzene rings is 4. The Kier molecular flexibility index (Phi) is 4.82. The Morgan fingerprint density at radius 3 is 2.46 bits per heavy atom. The molecule has 0 fully saturated rings. The number of rotatable bonds is 4. The number of hydrogen-bond acceptors (Lipinski definition) is 6. The van der Waals surface area contributed by atoms with Crippen LogP contribution in [0.5, 0.6) is 23.1 Å². The van der Waals surface area contributed by atoms with Gasteiger partial charge in [0, 0.05) is 11.5 Å². The maximum absolute atomic E-state index is 6.41. The minimum absolute atomic E-state index is 0.179. The first-order valence-electron chi connectivity index (χ1n) is 12.0. The molecule has 7 nitrogen and oxygen atoms in total. The predicted octanol–water partition coefficient (Wildman–Crippen LogP) is 6.25. The molecule has 180 valence electrons. The number of fused-ring (bicyclic) bond motifs is 6. The Morgan fingerprint density at radius 2 is 1.62 bits per heavy atom. The van der Waals surface area contributed by atoms with E-state index in [1.807, 2.05) is 48.5 Å². The van der Waals surface area contributed by atoms with Crippen LogP contribution < -0.4 is 14.2 Å². The standard InChI is InChI=1S/C30H22N4O3/c1-35-20-14-11-19(12-15-20)25-26-21-8-4-3-7-18(21)13-16-24(26)37-30-27(25)29-32-28(33-34(29)17-31-30)22-9-5-6-10-23(22)36-2/h3-17,25H,1-2H3/t25-/m1/s1. The van der Waals surface area contributed by atoms with Gasteiger partial charge in [0.1, 0.15) is 23.6 Å². The van der Waals surface area contributed by atoms with Gasteiger partial charge in [0.15, 0.2) is 11.5 Å². The topological polar surface area (TPSA) is 70.8 Å². The fourth-order valence-electron chi connectivity index (χ4n) is 5.18. The summed E-state index contributed by atoms with van der Waals surface area (Å²) in [4.78, 5) is 9.66. The minimum Gasteiger partial charge on any atom is -0.497 e. The molecule has 1 aliphatic heterocycles. The third-order valence-corrected chi connectivity index (χ3v) is 6.90. The van der Waals surface area contributed by atoms with E-state index in [9.17, 15) is 0 Å². The molecule has 0 saturated carbocycles. The predicted molar refractivity (Wildman–Crippen MR) is 141 cm³/mol.